The fourth-order valence-corrected chi connectivity index (χ4v) is 1.51. The number of nitrogens with zero attached hydrogens (tertiary/aromatic N) is 2. The molecule has 2 aromatic rings. The molecule has 0 fully saturated rings. The van der Waals surface area contributed by atoms with E-state index in [0.29, 0.717) is 5.69 Å². The molecule has 90 valence electrons. The third kappa shape index (κ3) is 2.49. The van der Waals surface area contributed by atoms with Crippen LogP contribution in [0, 0.1) is 15.0 Å². The minimum Gasteiger partial charge on any atom is -0.350 e. The number of hydrogen-bond acceptors (Lipinski definition) is 5. The second kappa shape index (κ2) is 5.05. The first-order chi connectivity index (χ1) is 8.70. The van der Waals surface area contributed by atoms with Gasteiger partial charge in [0.25, 0.3) is 5.69 Å². The Hall–Kier alpha value is -2.76. The Labute approximate surface area is 102 Å². The number of nitroso groups, excluding NO2 is 1. The lowest BCUT2D eigenvalue weighted by atomic mass is 10.2. The van der Waals surface area contributed by atoms with E-state index in [1.165, 1.54) is 12.1 Å². The molecule has 0 amide bonds. The lowest BCUT2D eigenvalue weighted by molar-refractivity contribution is -0.383. The highest BCUT2D eigenvalue weighted by Gasteiger charge is 2.15. The molecule has 2 rings (SSSR count). The van der Waals surface area contributed by atoms with Crippen LogP contribution in [0.1, 0.15) is 0 Å². The molecule has 0 unspecified atom stereocenters. The van der Waals surface area contributed by atoms with Gasteiger partial charge in [0.2, 0.25) is 0 Å². The van der Waals surface area contributed by atoms with Crippen LogP contribution in [0.25, 0.3) is 0 Å². The van der Waals surface area contributed by atoms with Crippen molar-refractivity contribution in [3.63, 3.8) is 0 Å². The fourth-order valence-electron chi connectivity index (χ4n) is 1.51. The molecule has 0 aliphatic rings. The van der Waals surface area contributed by atoms with Crippen molar-refractivity contribution in [2.24, 2.45) is 5.18 Å². The quantitative estimate of drug-likeness (QED) is 0.503. The molecule has 0 saturated heterocycles. The highest BCUT2D eigenvalue weighted by atomic mass is 16.6. The Kier molecular flexibility index (Phi) is 3.29. The van der Waals surface area contributed by atoms with Crippen molar-refractivity contribution < 1.29 is 4.92 Å². The number of benzene rings is 2. The Morgan fingerprint density at radius 3 is 2.44 bits per heavy atom. The Morgan fingerprint density at radius 2 is 1.83 bits per heavy atom. The minimum absolute atomic E-state index is 0.0281. The number of rotatable bonds is 4. The lowest BCUT2D eigenvalue weighted by Crippen LogP contribution is -1.96. The first-order valence-electron chi connectivity index (χ1n) is 5.14. The maximum absolute atomic E-state index is 10.9. The van der Waals surface area contributed by atoms with E-state index in [0.717, 1.165) is 11.8 Å². The monoisotopic (exact) mass is 243 g/mol. The summed E-state index contributed by atoms with van der Waals surface area (Å²) < 4.78 is 0. The van der Waals surface area contributed by atoms with Crippen LogP contribution in [-0.4, -0.2) is 4.92 Å². The SMILES string of the molecule is O=Nc1ccc(Nc2ccccc2)c([N+](=O)[O-])c1. The molecule has 0 aliphatic heterocycles. The summed E-state index contributed by atoms with van der Waals surface area (Å²) in [4.78, 5) is 20.7. The molecule has 18 heavy (non-hydrogen) atoms. The van der Waals surface area contributed by atoms with Crippen molar-refractivity contribution in [1.82, 2.24) is 0 Å². The summed E-state index contributed by atoms with van der Waals surface area (Å²) >= 11 is 0. The average molecular weight is 243 g/mol. The molecule has 6 heteroatoms. The van der Waals surface area contributed by atoms with Crippen LogP contribution >= 0.6 is 0 Å². The second-order valence-electron chi connectivity index (χ2n) is 3.54. The van der Waals surface area contributed by atoms with Gasteiger partial charge in [-0.1, -0.05) is 18.2 Å². The van der Waals surface area contributed by atoms with E-state index in [1.807, 2.05) is 18.2 Å². The average Bonchev–Trinajstić information content (AvgIpc) is 2.40. The lowest BCUT2D eigenvalue weighted by Gasteiger charge is -2.06. The standard InChI is InChI=1S/C12H9N3O3/c16-14-10-6-7-11(12(8-10)15(17)18)13-9-4-2-1-3-5-9/h1-8,13H. The molecule has 0 heterocycles. The van der Waals surface area contributed by atoms with Gasteiger partial charge < -0.3 is 5.32 Å². The Balaban J connectivity index is 2.38. The summed E-state index contributed by atoms with van der Waals surface area (Å²) in [5, 5.41) is 16.5. The molecule has 0 bridgehead atoms. The molecule has 0 aromatic heterocycles. The van der Waals surface area contributed by atoms with Gasteiger partial charge in [-0.3, -0.25) is 10.1 Å². The van der Waals surface area contributed by atoms with Crippen LogP contribution < -0.4 is 5.32 Å². The molecule has 0 aliphatic carbocycles. The highest BCUT2D eigenvalue weighted by molar-refractivity contribution is 5.72. The first-order valence-corrected chi connectivity index (χ1v) is 5.14. The van der Waals surface area contributed by atoms with Gasteiger partial charge in [0.15, 0.2) is 0 Å². The number of nitro groups is 1. The molecular weight excluding hydrogens is 234 g/mol. The molecule has 0 saturated carbocycles. The summed E-state index contributed by atoms with van der Waals surface area (Å²) in [7, 11) is 0. The van der Waals surface area contributed by atoms with Crippen LogP contribution in [0.3, 0.4) is 0 Å². The van der Waals surface area contributed by atoms with Crippen LogP contribution in [-0.2, 0) is 0 Å². The molecule has 2 aromatic carbocycles. The van der Waals surface area contributed by atoms with Gasteiger partial charge in [-0.25, -0.2) is 0 Å². The van der Waals surface area contributed by atoms with Gasteiger partial charge in [0.05, 0.1) is 4.92 Å². The predicted molar refractivity (Wildman–Crippen MR) is 68.3 cm³/mol. The van der Waals surface area contributed by atoms with E-state index in [9.17, 15) is 15.0 Å². The highest BCUT2D eigenvalue weighted by Crippen LogP contribution is 2.31. The largest absolute Gasteiger partial charge is 0.350 e. The normalized spacial score (nSPS) is 9.78. The van der Waals surface area contributed by atoms with Crippen LogP contribution in [0.15, 0.2) is 53.7 Å². The molecular formula is C12H9N3O3. The van der Waals surface area contributed by atoms with E-state index < -0.39 is 4.92 Å². The molecule has 6 nitrogen and oxygen atoms in total. The molecule has 0 atom stereocenters. The number of nitrogens with one attached hydrogen (secondary N) is 1. The smallest absolute Gasteiger partial charge is 0.294 e. The van der Waals surface area contributed by atoms with E-state index in [4.69, 9.17) is 0 Å². The number of nitro benzene ring substituents is 1. The van der Waals surface area contributed by atoms with E-state index >= 15 is 0 Å². The van der Waals surface area contributed by atoms with Crippen molar-refractivity contribution in [2.45, 2.75) is 0 Å². The van der Waals surface area contributed by atoms with Crippen LogP contribution in [0.2, 0.25) is 0 Å². The Bertz CT molecular complexity index is 584. The predicted octanol–water partition coefficient (Wildman–Crippen LogP) is 3.74. The maximum atomic E-state index is 10.9. The van der Waals surface area contributed by atoms with Gasteiger partial charge in [-0.05, 0) is 29.4 Å². The summed E-state index contributed by atoms with van der Waals surface area (Å²) in [5.74, 6) is 0. The van der Waals surface area contributed by atoms with Crippen molar-refractivity contribution in [3.05, 3.63) is 63.6 Å². The van der Waals surface area contributed by atoms with Crippen molar-refractivity contribution in [2.75, 3.05) is 5.32 Å². The van der Waals surface area contributed by atoms with Gasteiger partial charge in [-0.15, -0.1) is 4.91 Å². The third-order valence-corrected chi connectivity index (χ3v) is 2.34. The number of anilines is 2. The van der Waals surface area contributed by atoms with Gasteiger partial charge in [-0.2, -0.15) is 0 Å². The third-order valence-electron chi connectivity index (χ3n) is 2.34. The molecule has 0 spiro atoms. The minimum atomic E-state index is -0.556. The first kappa shape index (κ1) is 11.7. The van der Waals surface area contributed by atoms with E-state index in [-0.39, 0.29) is 11.4 Å². The molecule has 0 radical (unpaired) electrons. The van der Waals surface area contributed by atoms with Crippen molar-refractivity contribution in [3.8, 4) is 0 Å². The zero-order valence-corrected chi connectivity index (χ0v) is 9.24. The van der Waals surface area contributed by atoms with Gasteiger partial charge in [0, 0.05) is 11.8 Å². The number of hydrogen-bond donors (Lipinski definition) is 1. The Morgan fingerprint density at radius 1 is 1.11 bits per heavy atom. The van der Waals surface area contributed by atoms with Gasteiger partial charge in [0.1, 0.15) is 11.4 Å². The van der Waals surface area contributed by atoms with Crippen molar-refractivity contribution in [1.29, 1.82) is 0 Å². The summed E-state index contributed by atoms with van der Waals surface area (Å²) in [6.45, 7) is 0. The zero-order valence-electron chi connectivity index (χ0n) is 9.24. The van der Waals surface area contributed by atoms with Crippen LogP contribution in [0.4, 0.5) is 22.7 Å². The zero-order chi connectivity index (χ0) is 13.0. The van der Waals surface area contributed by atoms with Gasteiger partial charge >= 0.3 is 0 Å². The topological polar surface area (TPSA) is 84.6 Å². The van der Waals surface area contributed by atoms with Crippen molar-refractivity contribution >= 4 is 22.7 Å². The van der Waals surface area contributed by atoms with E-state index in [1.54, 1.807) is 12.1 Å². The fraction of sp³-hybridized carbons (Fsp3) is 0. The molecule has 1 N–H and O–H groups in total. The van der Waals surface area contributed by atoms with E-state index in [2.05, 4.69) is 10.5 Å². The maximum Gasteiger partial charge on any atom is 0.294 e. The number of para-hydroxylation sites is 1. The van der Waals surface area contributed by atoms with Crippen LogP contribution in [0.5, 0.6) is 0 Å². The summed E-state index contributed by atoms with van der Waals surface area (Å²) in [5.41, 5.74) is 0.891. The second-order valence-corrected chi connectivity index (χ2v) is 3.54. The summed E-state index contributed by atoms with van der Waals surface area (Å²) in [6.07, 6.45) is 0. The summed E-state index contributed by atoms with van der Waals surface area (Å²) in [6, 6.07) is 13.1.